The van der Waals surface area contributed by atoms with Crippen molar-refractivity contribution < 1.29 is 9.59 Å². The first-order valence-corrected chi connectivity index (χ1v) is 9.63. The van der Waals surface area contributed by atoms with E-state index in [2.05, 4.69) is 34.6 Å². The summed E-state index contributed by atoms with van der Waals surface area (Å²) in [5, 5.41) is 2.76. The van der Waals surface area contributed by atoms with E-state index in [1.807, 2.05) is 17.0 Å². The number of nitrogens with one attached hydrogen (secondary N) is 1. The maximum atomic E-state index is 12.7. The Morgan fingerprint density at radius 3 is 2.59 bits per heavy atom. The van der Waals surface area contributed by atoms with Crippen molar-refractivity contribution in [2.45, 2.75) is 37.0 Å². The van der Waals surface area contributed by atoms with Crippen molar-refractivity contribution in [2.24, 2.45) is 0 Å². The molecule has 1 fully saturated rings. The highest BCUT2D eigenvalue weighted by molar-refractivity contribution is 5.92. The lowest BCUT2D eigenvalue weighted by molar-refractivity contribution is -0.121. The number of nitrogens with zero attached hydrogens (tertiary/aromatic N) is 2. The monoisotopic (exact) mass is 363 g/mol. The molecular weight excluding hydrogens is 338 g/mol. The van der Waals surface area contributed by atoms with Crippen molar-refractivity contribution in [1.29, 1.82) is 0 Å². The Morgan fingerprint density at radius 1 is 1.15 bits per heavy atom. The number of amides is 2. The molecule has 1 aliphatic carbocycles. The molecule has 1 atom stereocenters. The van der Waals surface area contributed by atoms with Crippen LogP contribution < -0.4 is 5.32 Å². The summed E-state index contributed by atoms with van der Waals surface area (Å²) in [4.78, 5) is 30.8. The van der Waals surface area contributed by atoms with Gasteiger partial charge in [-0.2, -0.15) is 0 Å². The second-order valence-electron chi connectivity index (χ2n) is 7.65. The molecular formula is C22H25N3O2. The maximum Gasteiger partial charge on any atom is 0.272 e. The average Bonchev–Trinajstić information content (AvgIpc) is 3.02. The third-order valence-electron chi connectivity index (χ3n) is 6.21. The number of carbonyl (C=O) groups excluding carboxylic acids is 2. The number of hydrogen-bond acceptors (Lipinski definition) is 3. The van der Waals surface area contributed by atoms with Crippen LogP contribution in [0.5, 0.6) is 0 Å². The van der Waals surface area contributed by atoms with Crippen LogP contribution in [0.3, 0.4) is 0 Å². The predicted molar refractivity (Wildman–Crippen MR) is 104 cm³/mol. The topological polar surface area (TPSA) is 62.3 Å². The molecule has 2 heterocycles. The molecule has 1 aromatic heterocycles. The standard InChI is InChI=1S/C22H25N3O2/c1-23-20(26)14-16-15-22(18-7-3-2-6-17(16)18)9-12-25(13-10-22)21(27)19-8-4-5-11-24-19/h2-8,11,16H,9-10,12-15H2,1H3,(H,23,26)/t16-/m0/s1. The van der Waals surface area contributed by atoms with E-state index in [4.69, 9.17) is 0 Å². The van der Waals surface area contributed by atoms with Crippen LogP contribution >= 0.6 is 0 Å². The summed E-state index contributed by atoms with van der Waals surface area (Å²) < 4.78 is 0. The molecule has 5 nitrogen and oxygen atoms in total. The molecule has 1 aliphatic heterocycles. The maximum absolute atomic E-state index is 12.7. The number of aromatic nitrogens is 1. The fourth-order valence-corrected chi connectivity index (χ4v) is 4.80. The van der Waals surface area contributed by atoms with Crippen molar-refractivity contribution in [3.63, 3.8) is 0 Å². The van der Waals surface area contributed by atoms with Crippen LogP contribution in [0.2, 0.25) is 0 Å². The zero-order valence-electron chi connectivity index (χ0n) is 15.6. The number of benzene rings is 1. The Labute approximate surface area is 159 Å². The highest BCUT2D eigenvalue weighted by Crippen LogP contribution is 2.52. The van der Waals surface area contributed by atoms with Gasteiger partial charge in [-0.1, -0.05) is 30.3 Å². The molecule has 0 saturated carbocycles. The summed E-state index contributed by atoms with van der Waals surface area (Å²) in [6.07, 6.45) is 5.06. The number of likely N-dealkylation sites (tertiary alicyclic amines) is 1. The van der Waals surface area contributed by atoms with Gasteiger partial charge < -0.3 is 10.2 Å². The molecule has 1 spiro atoms. The first-order chi connectivity index (χ1) is 13.1. The lowest BCUT2D eigenvalue weighted by atomic mass is 9.73. The SMILES string of the molecule is CNC(=O)C[C@H]1CC2(CCN(C(=O)c3ccccn3)CC2)c2ccccc21. The van der Waals surface area contributed by atoms with Crippen molar-refractivity contribution in [3.8, 4) is 0 Å². The second-order valence-corrected chi connectivity index (χ2v) is 7.65. The number of hydrogen-bond donors (Lipinski definition) is 1. The van der Waals surface area contributed by atoms with Crippen LogP contribution in [0, 0.1) is 0 Å². The number of piperidine rings is 1. The minimum Gasteiger partial charge on any atom is -0.359 e. The molecule has 5 heteroatoms. The van der Waals surface area contributed by atoms with Crippen molar-refractivity contribution in [3.05, 3.63) is 65.5 Å². The first kappa shape index (κ1) is 17.7. The molecule has 0 bridgehead atoms. The van der Waals surface area contributed by atoms with Crippen molar-refractivity contribution >= 4 is 11.8 Å². The molecule has 27 heavy (non-hydrogen) atoms. The Kier molecular flexibility index (Phi) is 4.68. The molecule has 1 saturated heterocycles. The van der Waals surface area contributed by atoms with Crippen LogP contribution in [0.25, 0.3) is 0 Å². The lowest BCUT2D eigenvalue weighted by Crippen LogP contribution is -2.44. The fraction of sp³-hybridized carbons (Fsp3) is 0.409. The van der Waals surface area contributed by atoms with Crippen LogP contribution in [-0.2, 0) is 10.2 Å². The van der Waals surface area contributed by atoms with Gasteiger partial charge in [0.25, 0.3) is 5.91 Å². The Hall–Kier alpha value is -2.69. The number of carbonyl (C=O) groups is 2. The molecule has 2 amide bonds. The molecule has 0 unspecified atom stereocenters. The third-order valence-corrected chi connectivity index (χ3v) is 6.21. The van der Waals surface area contributed by atoms with E-state index in [-0.39, 0.29) is 23.1 Å². The smallest absolute Gasteiger partial charge is 0.272 e. The van der Waals surface area contributed by atoms with E-state index >= 15 is 0 Å². The largest absolute Gasteiger partial charge is 0.359 e. The highest BCUT2D eigenvalue weighted by Gasteiger charge is 2.46. The van der Waals surface area contributed by atoms with E-state index in [0.717, 1.165) is 32.4 Å². The molecule has 0 radical (unpaired) electrons. The normalized spacial score (nSPS) is 20.3. The van der Waals surface area contributed by atoms with Gasteiger partial charge in [0.15, 0.2) is 0 Å². The minimum atomic E-state index is 0.0126. The second kappa shape index (κ2) is 7.14. The van der Waals surface area contributed by atoms with Crippen molar-refractivity contribution in [1.82, 2.24) is 15.2 Å². The lowest BCUT2D eigenvalue weighted by Gasteiger charge is -2.40. The van der Waals surface area contributed by atoms with E-state index in [9.17, 15) is 9.59 Å². The van der Waals surface area contributed by atoms with Crippen LogP contribution in [0.15, 0.2) is 48.7 Å². The minimum absolute atomic E-state index is 0.0126. The van der Waals surface area contributed by atoms with Crippen LogP contribution in [0.1, 0.15) is 53.2 Å². The van der Waals surface area contributed by atoms with Crippen molar-refractivity contribution in [2.75, 3.05) is 20.1 Å². The van der Waals surface area contributed by atoms with E-state index in [1.165, 1.54) is 11.1 Å². The summed E-state index contributed by atoms with van der Waals surface area (Å²) in [6, 6.07) is 14.0. The quantitative estimate of drug-likeness (QED) is 0.912. The summed E-state index contributed by atoms with van der Waals surface area (Å²) in [7, 11) is 1.70. The van der Waals surface area contributed by atoms with Gasteiger partial charge in [-0.15, -0.1) is 0 Å². The van der Waals surface area contributed by atoms with Gasteiger partial charge in [0, 0.05) is 32.8 Å². The zero-order chi connectivity index (χ0) is 18.9. The van der Waals surface area contributed by atoms with Crippen LogP contribution in [-0.4, -0.2) is 41.8 Å². The summed E-state index contributed by atoms with van der Waals surface area (Å²) in [6.45, 7) is 1.47. The van der Waals surface area contributed by atoms with Crippen LogP contribution in [0.4, 0.5) is 0 Å². The van der Waals surface area contributed by atoms with Gasteiger partial charge in [-0.3, -0.25) is 14.6 Å². The Bertz CT molecular complexity index is 842. The molecule has 4 rings (SSSR count). The van der Waals surface area contributed by atoms with Gasteiger partial charge in [-0.25, -0.2) is 0 Å². The van der Waals surface area contributed by atoms with E-state index < -0.39 is 0 Å². The molecule has 2 aliphatic rings. The number of pyridine rings is 1. The molecule has 1 aromatic carbocycles. The third kappa shape index (κ3) is 3.22. The van der Waals surface area contributed by atoms with Gasteiger partial charge in [0.1, 0.15) is 5.69 Å². The summed E-state index contributed by atoms with van der Waals surface area (Å²) >= 11 is 0. The predicted octanol–water partition coefficient (Wildman–Crippen LogP) is 2.88. The summed E-state index contributed by atoms with van der Waals surface area (Å²) in [5.74, 6) is 0.368. The van der Waals surface area contributed by atoms with E-state index in [1.54, 1.807) is 19.3 Å². The molecule has 2 aromatic rings. The molecule has 140 valence electrons. The fourth-order valence-electron chi connectivity index (χ4n) is 4.80. The van der Waals surface area contributed by atoms with Gasteiger partial charge in [0.2, 0.25) is 5.91 Å². The van der Waals surface area contributed by atoms with Gasteiger partial charge in [-0.05, 0) is 53.9 Å². The number of rotatable bonds is 3. The zero-order valence-corrected chi connectivity index (χ0v) is 15.6. The van der Waals surface area contributed by atoms with Gasteiger partial charge >= 0.3 is 0 Å². The average molecular weight is 363 g/mol. The first-order valence-electron chi connectivity index (χ1n) is 9.63. The number of fused-ring (bicyclic) bond motifs is 2. The highest BCUT2D eigenvalue weighted by atomic mass is 16.2. The van der Waals surface area contributed by atoms with E-state index in [0.29, 0.717) is 12.1 Å². The van der Waals surface area contributed by atoms with Gasteiger partial charge in [0.05, 0.1) is 0 Å². The summed E-state index contributed by atoms with van der Waals surface area (Å²) in [5.41, 5.74) is 3.28. The Morgan fingerprint density at radius 2 is 1.89 bits per heavy atom. The molecule has 1 N–H and O–H groups in total. The Balaban J connectivity index is 1.52.